The minimum Gasteiger partial charge on any atom is -0.390 e. The summed E-state index contributed by atoms with van der Waals surface area (Å²) in [5, 5.41) is 21.1. The number of allylic oxidation sites excluding steroid dienone is 4. The zero-order valence-corrected chi connectivity index (χ0v) is 19.6. The number of carbonyl (C=O) groups is 2. The molecular formula is C23H31FO7S. The molecule has 9 heteroatoms. The van der Waals surface area contributed by atoms with E-state index in [2.05, 4.69) is 0 Å². The van der Waals surface area contributed by atoms with Gasteiger partial charge in [0.15, 0.2) is 22.8 Å². The van der Waals surface area contributed by atoms with Gasteiger partial charge in [0.1, 0.15) is 6.61 Å². The molecule has 32 heavy (non-hydrogen) atoms. The number of hydrogen-bond donors (Lipinski definition) is 2. The smallest absolute Gasteiger partial charge is 0.265 e. The summed E-state index contributed by atoms with van der Waals surface area (Å²) in [5.41, 5.74) is -5.74. The van der Waals surface area contributed by atoms with Gasteiger partial charge in [-0.15, -0.1) is 0 Å². The third kappa shape index (κ3) is 2.77. The van der Waals surface area contributed by atoms with Crippen molar-refractivity contribution in [2.24, 2.45) is 28.6 Å². The lowest BCUT2D eigenvalue weighted by atomic mass is 9.44. The molecule has 4 aliphatic rings. The van der Waals surface area contributed by atoms with Gasteiger partial charge in [0.25, 0.3) is 10.1 Å². The third-order valence-corrected chi connectivity index (χ3v) is 9.59. The predicted molar refractivity (Wildman–Crippen MR) is 114 cm³/mol. The number of alkyl halides is 1. The van der Waals surface area contributed by atoms with E-state index >= 15 is 4.39 Å². The highest BCUT2D eigenvalue weighted by molar-refractivity contribution is 7.86. The lowest BCUT2D eigenvalue weighted by molar-refractivity contribution is -0.214. The summed E-state index contributed by atoms with van der Waals surface area (Å²) in [6.07, 6.45) is 4.57. The van der Waals surface area contributed by atoms with Crippen molar-refractivity contribution in [3.05, 3.63) is 23.8 Å². The molecule has 3 fully saturated rings. The monoisotopic (exact) mass is 470 g/mol. The molecule has 0 amide bonds. The number of fused-ring (bicyclic) bond motifs is 5. The summed E-state index contributed by atoms with van der Waals surface area (Å²) in [6, 6.07) is 0. The highest BCUT2D eigenvalue weighted by Crippen LogP contribution is 2.71. The molecule has 0 aromatic rings. The minimum atomic E-state index is -4.11. The lowest BCUT2D eigenvalue weighted by Gasteiger charge is -2.62. The quantitative estimate of drug-likeness (QED) is 0.602. The van der Waals surface area contributed by atoms with E-state index in [0.29, 0.717) is 24.8 Å². The first-order valence-corrected chi connectivity index (χ1v) is 12.8. The van der Waals surface area contributed by atoms with Crippen molar-refractivity contribution >= 4 is 21.7 Å². The molecule has 0 heterocycles. The van der Waals surface area contributed by atoms with Crippen LogP contribution < -0.4 is 0 Å². The van der Waals surface area contributed by atoms with Gasteiger partial charge in [-0.2, -0.15) is 8.42 Å². The van der Waals surface area contributed by atoms with Gasteiger partial charge in [-0.1, -0.05) is 25.5 Å². The van der Waals surface area contributed by atoms with Crippen molar-refractivity contribution < 1.29 is 36.8 Å². The van der Waals surface area contributed by atoms with E-state index in [9.17, 15) is 28.2 Å². The predicted octanol–water partition coefficient (Wildman–Crippen LogP) is 1.88. The lowest BCUT2D eigenvalue weighted by Crippen LogP contribution is -2.70. The molecule has 0 saturated heterocycles. The first-order chi connectivity index (χ1) is 14.7. The zero-order valence-electron chi connectivity index (χ0n) is 18.8. The zero-order chi connectivity index (χ0) is 23.9. The minimum absolute atomic E-state index is 0.207. The molecule has 8 atom stereocenters. The van der Waals surface area contributed by atoms with E-state index in [0.717, 1.165) is 6.26 Å². The highest BCUT2D eigenvalue weighted by Gasteiger charge is 2.77. The molecule has 0 aliphatic heterocycles. The maximum Gasteiger partial charge on any atom is 0.265 e. The van der Waals surface area contributed by atoms with Crippen LogP contribution in [0.3, 0.4) is 0 Å². The van der Waals surface area contributed by atoms with Crippen LogP contribution in [-0.4, -0.2) is 60.4 Å². The van der Waals surface area contributed by atoms with Gasteiger partial charge in [0.05, 0.1) is 12.4 Å². The molecule has 7 nitrogen and oxygen atoms in total. The number of aliphatic hydroxyl groups is 2. The van der Waals surface area contributed by atoms with Crippen molar-refractivity contribution in [2.45, 2.75) is 63.8 Å². The molecule has 0 unspecified atom stereocenters. The van der Waals surface area contributed by atoms with Gasteiger partial charge in [0.2, 0.25) is 0 Å². The second-order valence-corrected chi connectivity index (χ2v) is 12.1. The molecule has 2 N–H and O–H groups in total. The van der Waals surface area contributed by atoms with Gasteiger partial charge in [-0.3, -0.25) is 13.8 Å². The van der Waals surface area contributed by atoms with E-state index in [1.54, 1.807) is 26.8 Å². The maximum atomic E-state index is 17.1. The molecule has 3 saturated carbocycles. The number of ketones is 2. The average Bonchev–Trinajstić information content (AvgIpc) is 2.90. The number of aliphatic hydroxyl groups excluding tert-OH is 2. The van der Waals surface area contributed by atoms with E-state index in [-0.39, 0.29) is 12.2 Å². The Morgan fingerprint density at radius 1 is 1.31 bits per heavy atom. The highest BCUT2D eigenvalue weighted by atomic mass is 32.2. The van der Waals surface area contributed by atoms with Crippen molar-refractivity contribution in [1.29, 1.82) is 0 Å². The SMILES string of the molecule is C[C@H]1C[C@H]2[C@@H]3CCC4=CC(=O)C=C[C@]4(C)[C@@]3(F)[C@@H](O)C[C@]2(C)[C@@]1(OS(C)(=O)=O)C(=O)CO. The van der Waals surface area contributed by atoms with Crippen molar-refractivity contribution in [1.82, 2.24) is 0 Å². The number of halogens is 1. The Balaban J connectivity index is 1.88. The van der Waals surface area contributed by atoms with Crippen LogP contribution in [0, 0.1) is 28.6 Å². The Morgan fingerprint density at radius 2 is 1.97 bits per heavy atom. The molecule has 178 valence electrons. The summed E-state index contributed by atoms with van der Waals surface area (Å²) in [6.45, 7) is 4.14. The van der Waals surface area contributed by atoms with Gasteiger partial charge in [0, 0.05) is 16.7 Å². The number of Topliss-reactive ketones (excluding diaryl/α,β-unsaturated/α-hetero) is 1. The van der Waals surface area contributed by atoms with Crippen LogP contribution >= 0.6 is 0 Å². The standard InChI is InChI=1S/C23H31FO7S/c1-13-9-17-16-6-5-14-10-15(26)7-8-20(14,2)22(16,24)18(27)11-21(17,3)23(13,19(28)12-25)31-32(4,29)30/h7-8,10,13,16-18,25,27H,5-6,9,11-12H2,1-4H3/t13-,16-,17-,18-,20-,21-,22-,23-/m0/s1. The molecule has 0 aromatic heterocycles. The van der Waals surface area contributed by atoms with E-state index < -0.39 is 68.5 Å². The molecule has 0 bridgehead atoms. The Hall–Kier alpha value is -1.42. The fourth-order valence-electron chi connectivity index (χ4n) is 7.70. The second kappa shape index (κ2) is 7.04. The molecular weight excluding hydrogens is 439 g/mol. The number of carbonyl (C=O) groups excluding carboxylic acids is 2. The van der Waals surface area contributed by atoms with Crippen LogP contribution in [0.4, 0.5) is 4.39 Å². The summed E-state index contributed by atoms with van der Waals surface area (Å²) in [5.74, 6) is -2.75. The van der Waals surface area contributed by atoms with Crippen LogP contribution in [0.25, 0.3) is 0 Å². The van der Waals surface area contributed by atoms with Crippen LogP contribution in [0.15, 0.2) is 23.8 Å². The fourth-order valence-corrected chi connectivity index (χ4v) is 8.63. The van der Waals surface area contributed by atoms with Crippen LogP contribution in [0.1, 0.15) is 46.5 Å². The topological polar surface area (TPSA) is 118 Å². The second-order valence-electron chi connectivity index (χ2n) is 10.5. The average molecular weight is 471 g/mol. The summed E-state index contributed by atoms with van der Waals surface area (Å²) in [4.78, 5) is 25.0. The molecule has 0 spiro atoms. The fraction of sp³-hybridized carbons (Fsp3) is 0.739. The van der Waals surface area contributed by atoms with E-state index in [1.165, 1.54) is 12.2 Å². The van der Waals surface area contributed by atoms with Gasteiger partial charge < -0.3 is 10.2 Å². The summed E-state index contributed by atoms with van der Waals surface area (Å²) < 4.78 is 47.1. The van der Waals surface area contributed by atoms with Gasteiger partial charge in [-0.25, -0.2) is 4.39 Å². The molecule has 4 rings (SSSR count). The summed E-state index contributed by atoms with van der Waals surface area (Å²) >= 11 is 0. The van der Waals surface area contributed by atoms with Crippen molar-refractivity contribution in [3.8, 4) is 0 Å². The van der Waals surface area contributed by atoms with E-state index in [1.807, 2.05) is 0 Å². The third-order valence-electron chi connectivity index (χ3n) is 9.02. The number of rotatable bonds is 4. The Morgan fingerprint density at radius 3 is 2.56 bits per heavy atom. The summed E-state index contributed by atoms with van der Waals surface area (Å²) in [7, 11) is -4.11. The molecule has 0 radical (unpaired) electrons. The van der Waals surface area contributed by atoms with Crippen LogP contribution in [0.2, 0.25) is 0 Å². The normalized spacial score (nSPS) is 48.0. The van der Waals surface area contributed by atoms with Crippen LogP contribution in [-0.2, 0) is 23.9 Å². The van der Waals surface area contributed by atoms with Crippen molar-refractivity contribution in [3.63, 3.8) is 0 Å². The Kier molecular flexibility index (Phi) is 5.22. The Bertz CT molecular complexity index is 1030. The van der Waals surface area contributed by atoms with Gasteiger partial charge >= 0.3 is 0 Å². The molecule has 0 aromatic carbocycles. The number of hydrogen-bond acceptors (Lipinski definition) is 7. The molecule has 4 aliphatic carbocycles. The first kappa shape index (κ1) is 23.7. The van der Waals surface area contributed by atoms with Crippen LogP contribution in [0.5, 0.6) is 0 Å². The van der Waals surface area contributed by atoms with Gasteiger partial charge in [-0.05, 0) is 56.6 Å². The largest absolute Gasteiger partial charge is 0.390 e. The van der Waals surface area contributed by atoms with Crippen molar-refractivity contribution in [2.75, 3.05) is 12.9 Å². The van der Waals surface area contributed by atoms with E-state index in [4.69, 9.17) is 4.18 Å². The Labute approximate surface area is 187 Å². The maximum absolute atomic E-state index is 17.1. The first-order valence-electron chi connectivity index (χ1n) is 11.0.